The Morgan fingerprint density at radius 1 is 0.926 bits per heavy atom. The van der Waals surface area contributed by atoms with Crippen molar-refractivity contribution in [3.63, 3.8) is 0 Å². The zero-order chi connectivity index (χ0) is 19.4. The first-order chi connectivity index (χ1) is 13.0. The number of phenolic OH excluding ortho intramolecular Hbond substituents is 1. The number of rotatable bonds is 5. The second-order valence-corrected chi connectivity index (χ2v) is 6.47. The van der Waals surface area contributed by atoms with Gasteiger partial charge in [0.2, 0.25) is 5.78 Å². The van der Waals surface area contributed by atoms with E-state index in [9.17, 15) is 14.7 Å². The van der Waals surface area contributed by atoms with Crippen molar-refractivity contribution in [3.05, 3.63) is 100 Å². The van der Waals surface area contributed by atoms with Crippen LogP contribution in [-0.4, -0.2) is 16.9 Å². The van der Waals surface area contributed by atoms with E-state index >= 15 is 0 Å². The van der Waals surface area contributed by atoms with Crippen LogP contribution in [-0.2, 0) is 4.74 Å². The Kier molecular flexibility index (Phi) is 5.57. The standard InChI is InChI=1S/C22H17ClO4/c1-14-6-5-9-18(19(14)24)22(26)27-21(16-10-12-17(23)13-11-16)20(25)15-7-3-2-4-8-15/h2-13,21,24H,1H3/t21-/m0/s1. The van der Waals surface area contributed by atoms with E-state index in [2.05, 4.69) is 0 Å². The van der Waals surface area contributed by atoms with Gasteiger partial charge in [-0.15, -0.1) is 0 Å². The topological polar surface area (TPSA) is 63.6 Å². The van der Waals surface area contributed by atoms with Crippen molar-refractivity contribution in [2.24, 2.45) is 0 Å². The summed E-state index contributed by atoms with van der Waals surface area (Å²) in [5.74, 6) is -1.30. The molecule has 27 heavy (non-hydrogen) atoms. The van der Waals surface area contributed by atoms with Crippen molar-refractivity contribution in [3.8, 4) is 5.75 Å². The summed E-state index contributed by atoms with van der Waals surface area (Å²) in [5, 5.41) is 10.6. The molecular formula is C22H17ClO4. The van der Waals surface area contributed by atoms with Gasteiger partial charge in [-0.2, -0.15) is 0 Å². The smallest absolute Gasteiger partial charge is 0.342 e. The van der Waals surface area contributed by atoms with Gasteiger partial charge in [-0.05, 0) is 30.7 Å². The maximum absolute atomic E-state index is 13.0. The van der Waals surface area contributed by atoms with Crippen molar-refractivity contribution < 1.29 is 19.4 Å². The molecule has 0 unspecified atom stereocenters. The Labute approximate surface area is 162 Å². The monoisotopic (exact) mass is 380 g/mol. The maximum Gasteiger partial charge on any atom is 0.342 e. The lowest BCUT2D eigenvalue weighted by Gasteiger charge is -2.18. The van der Waals surface area contributed by atoms with Crippen LogP contribution in [0.2, 0.25) is 5.02 Å². The van der Waals surface area contributed by atoms with E-state index in [1.807, 2.05) is 0 Å². The van der Waals surface area contributed by atoms with E-state index < -0.39 is 12.1 Å². The molecule has 0 bridgehead atoms. The summed E-state index contributed by atoms with van der Waals surface area (Å²) in [6.07, 6.45) is -1.16. The van der Waals surface area contributed by atoms with E-state index in [-0.39, 0.29) is 17.1 Å². The normalized spacial score (nSPS) is 11.6. The van der Waals surface area contributed by atoms with Crippen LogP contribution in [0.5, 0.6) is 5.75 Å². The molecule has 1 atom stereocenters. The fourth-order valence-corrected chi connectivity index (χ4v) is 2.78. The van der Waals surface area contributed by atoms with Crippen LogP contribution < -0.4 is 0 Å². The Morgan fingerprint density at radius 3 is 2.26 bits per heavy atom. The lowest BCUT2D eigenvalue weighted by molar-refractivity contribution is 0.0277. The van der Waals surface area contributed by atoms with Gasteiger partial charge in [-0.25, -0.2) is 4.79 Å². The van der Waals surface area contributed by atoms with Crippen LogP contribution in [0.4, 0.5) is 0 Å². The van der Waals surface area contributed by atoms with Crippen molar-refractivity contribution in [2.45, 2.75) is 13.0 Å². The van der Waals surface area contributed by atoms with Crippen LogP contribution in [0.15, 0.2) is 72.8 Å². The molecule has 4 nitrogen and oxygen atoms in total. The molecule has 0 aliphatic rings. The maximum atomic E-state index is 13.0. The highest BCUT2D eigenvalue weighted by atomic mass is 35.5. The van der Waals surface area contributed by atoms with Crippen molar-refractivity contribution in [1.29, 1.82) is 0 Å². The van der Waals surface area contributed by atoms with Crippen LogP contribution in [0.3, 0.4) is 0 Å². The van der Waals surface area contributed by atoms with E-state index in [1.54, 1.807) is 73.7 Å². The molecule has 5 heteroatoms. The molecule has 0 fully saturated rings. The summed E-state index contributed by atoms with van der Waals surface area (Å²) in [4.78, 5) is 25.6. The number of benzene rings is 3. The SMILES string of the molecule is Cc1cccc(C(=O)O[C@H](C(=O)c2ccccc2)c2ccc(Cl)cc2)c1O. The highest BCUT2D eigenvalue weighted by molar-refractivity contribution is 6.30. The number of Topliss-reactive ketones (excluding diaryl/α,β-unsaturated/α-hetero) is 1. The summed E-state index contributed by atoms with van der Waals surface area (Å²) in [5.41, 5.74) is 1.46. The average Bonchev–Trinajstić information content (AvgIpc) is 2.69. The number of carbonyl (C=O) groups excluding carboxylic acids is 2. The van der Waals surface area contributed by atoms with E-state index in [1.165, 1.54) is 6.07 Å². The molecule has 0 saturated heterocycles. The fraction of sp³-hybridized carbons (Fsp3) is 0.0909. The number of hydrogen-bond donors (Lipinski definition) is 1. The summed E-state index contributed by atoms with van der Waals surface area (Å²) in [6.45, 7) is 1.68. The van der Waals surface area contributed by atoms with Crippen molar-refractivity contribution >= 4 is 23.4 Å². The minimum Gasteiger partial charge on any atom is -0.507 e. The first-order valence-electron chi connectivity index (χ1n) is 8.31. The molecule has 136 valence electrons. The largest absolute Gasteiger partial charge is 0.507 e. The summed E-state index contributed by atoms with van der Waals surface area (Å²) < 4.78 is 5.52. The van der Waals surface area contributed by atoms with Gasteiger partial charge in [0.15, 0.2) is 6.10 Å². The molecule has 0 amide bonds. The van der Waals surface area contributed by atoms with Crippen LogP contribution in [0, 0.1) is 6.92 Å². The molecule has 0 spiro atoms. The quantitative estimate of drug-likeness (QED) is 0.492. The molecule has 0 aromatic heterocycles. The number of para-hydroxylation sites is 1. The van der Waals surface area contributed by atoms with Gasteiger partial charge in [-0.3, -0.25) is 4.79 Å². The molecule has 3 aromatic carbocycles. The highest BCUT2D eigenvalue weighted by Gasteiger charge is 2.28. The van der Waals surface area contributed by atoms with Gasteiger partial charge in [0, 0.05) is 16.1 Å². The van der Waals surface area contributed by atoms with E-state index in [0.29, 0.717) is 21.7 Å². The minimum absolute atomic E-state index is 0.00910. The number of carbonyl (C=O) groups is 2. The van der Waals surface area contributed by atoms with Crippen LogP contribution in [0.1, 0.15) is 37.9 Å². The van der Waals surface area contributed by atoms with Crippen LogP contribution >= 0.6 is 11.6 Å². The zero-order valence-corrected chi connectivity index (χ0v) is 15.3. The molecule has 3 rings (SSSR count). The predicted molar refractivity (Wildman–Crippen MR) is 103 cm³/mol. The summed E-state index contributed by atoms with van der Waals surface area (Å²) in [7, 11) is 0. The lowest BCUT2D eigenvalue weighted by atomic mass is 9.99. The van der Waals surface area contributed by atoms with Crippen molar-refractivity contribution in [2.75, 3.05) is 0 Å². The molecule has 0 aliphatic carbocycles. The third-order valence-corrected chi connectivity index (χ3v) is 4.40. The molecule has 0 heterocycles. The van der Waals surface area contributed by atoms with E-state index in [4.69, 9.17) is 16.3 Å². The summed E-state index contributed by atoms with van der Waals surface area (Å²) in [6, 6.07) is 19.9. The minimum atomic E-state index is -1.16. The number of aromatic hydroxyl groups is 1. The van der Waals surface area contributed by atoms with Gasteiger partial charge in [0.05, 0.1) is 0 Å². The Balaban J connectivity index is 1.97. The third kappa shape index (κ3) is 4.18. The number of ether oxygens (including phenoxy) is 1. The van der Waals surface area contributed by atoms with Gasteiger partial charge >= 0.3 is 5.97 Å². The second-order valence-electron chi connectivity index (χ2n) is 6.04. The molecule has 3 aromatic rings. The molecular weight excluding hydrogens is 364 g/mol. The predicted octanol–water partition coefficient (Wildman–Crippen LogP) is 5.14. The number of ketones is 1. The van der Waals surface area contributed by atoms with E-state index in [0.717, 1.165) is 0 Å². The van der Waals surface area contributed by atoms with Gasteiger partial charge in [0.1, 0.15) is 11.3 Å². The number of phenols is 1. The van der Waals surface area contributed by atoms with Crippen LogP contribution in [0.25, 0.3) is 0 Å². The van der Waals surface area contributed by atoms with Crippen molar-refractivity contribution in [1.82, 2.24) is 0 Å². The average molecular weight is 381 g/mol. The molecule has 0 saturated carbocycles. The Morgan fingerprint density at radius 2 is 1.59 bits per heavy atom. The number of esters is 1. The first-order valence-corrected chi connectivity index (χ1v) is 8.69. The highest BCUT2D eigenvalue weighted by Crippen LogP contribution is 2.28. The van der Waals surface area contributed by atoms with Gasteiger partial charge in [-0.1, -0.05) is 66.2 Å². The Hall–Kier alpha value is -3.11. The second kappa shape index (κ2) is 8.06. The fourth-order valence-electron chi connectivity index (χ4n) is 2.66. The molecule has 0 aliphatic heterocycles. The number of halogens is 1. The third-order valence-electron chi connectivity index (χ3n) is 4.15. The first kappa shape index (κ1) is 18.7. The summed E-state index contributed by atoms with van der Waals surface area (Å²) >= 11 is 5.93. The number of aryl methyl sites for hydroxylation is 1. The molecule has 1 N–H and O–H groups in total. The molecule has 0 radical (unpaired) electrons. The zero-order valence-electron chi connectivity index (χ0n) is 14.6. The van der Waals surface area contributed by atoms with Gasteiger partial charge < -0.3 is 9.84 Å². The lowest BCUT2D eigenvalue weighted by Crippen LogP contribution is -2.20. The number of hydrogen-bond acceptors (Lipinski definition) is 4. The Bertz CT molecular complexity index is 965. The van der Waals surface area contributed by atoms with Gasteiger partial charge in [0.25, 0.3) is 0 Å².